The molecule has 0 aliphatic rings. The molecule has 2 nitrogen and oxygen atoms in total. The predicted molar refractivity (Wildman–Crippen MR) is 75.4 cm³/mol. The number of fused-ring (bicyclic) bond motifs is 1. The summed E-state index contributed by atoms with van der Waals surface area (Å²) in [5, 5.41) is 1.40. The normalized spacial score (nSPS) is 11.1. The van der Waals surface area contributed by atoms with Crippen LogP contribution in [-0.2, 0) is 0 Å². The van der Waals surface area contributed by atoms with Gasteiger partial charge in [-0.15, -0.1) is 0 Å². The van der Waals surface area contributed by atoms with E-state index in [-0.39, 0.29) is 0 Å². The Morgan fingerprint density at radius 3 is 2.61 bits per heavy atom. The molecule has 18 heavy (non-hydrogen) atoms. The molecule has 0 radical (unpaired) electrons. The van der Waals surface area contributed by atoms with Gasteiger partial charge in [0.2, 0.25) is 0 Å². The van der Waals surface area contributed by atoms with Gasteiger partial charge < -0.3 is 4.40 Å². The van der Waals surface area contributed by atoms with E-state index < -0.39 is 0 Å². The van der Waals surface area contributed by atoms with Gasteiger partial charge in [0.1, 0.15) is 5.65 Å². The van der Waals surface area contributed by atoms with Crippen molar-refractivity contribution in [1.82, 2.24) is 9.38 Å². The molecule has 0 amide bonds. The van der Waals surface area contributed by atoms with Crippen molar-refractivity contribution in [1.29, 1.82) is 0 Å². The van der Waals surface area contributed by atoms with E-state index in [9.17, 15) is 0 Å². The van der Waals surface area contributed by atoms with E-state index in [1.807, 2.05) is 54.0 Å². The molecular formula is C14H10Cl2N2. The molecule has 0 N–H and O–H groups in total. The van der Waals surface area contributed by atoms with E-state index in [0.717, 1.165) is 22.5 Å². The Bertz CT molecular complexity index is 732. The zero-order valence-electron chi connectivity index (χ0n) is 9.69. The molecule has 3 aromatic rings. The number of aromatic nitrogens is 2. The molecule has 0 saturated heterocycles. The van der Waals surface area contributed by atoms with Crippen molar-refractivity contribution in [2.45, 2.75) is 6.92 Å². The second-order valence-corrected chi connectivity index (χ2v) is 5.07. The van der Waals surface area contributed by atoms with Crippen molar-refractivity contribution in [2.24, 2.45) is 0 Å². The van der Waals surface area contributed by atoms with Gasteiger partial charge in [0.25, 0.3) is 0 Å². The van der Waals surface area contributed by atoms with Gasteiger partial charge in [0.15, 0.2) is 0 Å². The summed E-state index contributed by atoms with van der Waals surface area (Å²) in [4.78, 5) is 4.57. The lowest BCUT2D eigenvalue weighted by Gasteiger charge is -2.02. The molecule has 3 rings (SSSR count). The van der Waals surface area contributed by atoms with Crippen LogP contribution in [0, 0.1) is 6.92 Å². The topological polar surface area (TPSA) is 17.3 Å². The van der Waals surface area contributed by atoms with Crippen LogP contribution in [0.1, 0.15) is 5.56 Å². The molecule has 0 aliphatic carbocycles. The molecular weight excluding hydrogens is 267 g/mol. The summed E-state index contributed by atoms with van der Waals surface area (Å²) < 4.78 is 1.91. The number of hydrogen-bond acceptors (Lipinski definition) is 1. The Morgan fingerprint density at radius 2 is 1.78 bits per heavy atom. The first-order valence-electron chi connectivity index (χ1n) is 5.54. The maximum absolute atomic E-state index is 6.03. The minimum Gasteiger partial charge on any atom is -0.305 e. The highest BCUT2D eigenvalue weighted by Crippen LogP contribution is 2.26. The van der Waals surface area contributed by atoms with Gasteiger partial charge in [-0.05, 0) is 36.8 Å². The smallest absolute Gasteiger partial charge is 0.137 e. The molecule has 1 aromatic carbocycles. The first kappa shape index (κ1) is 11.6. The summed E-state index contributed by atoms with van der Waals surface area (Å²) >= 11 is 12.0. The van der Waals surface area contributed by atoms with Gasteiger partial charge in [-0.25, -0.2) is 4.98 Å². The van der Waals surface area contributed by atoms with Crippen molar-refractivity contribution >= 4 is 28.8 Å². The number of halogens is 2. The number of hydrogen-bond donors (Lipinski definition) is 0. The number of pyridine rings is 1. The van der Waals surface area contributed by atoms with Crippen molar-refractivity contribution in [2.75, 3.05) is 0 Å². The van der Waals surface area contributed by atoms with Crippen molar-refractivity contribution in [3.05, 3.63) is 58.3 Å². The highest BCUT2D eigenvalue weighted by atomic mass is 35.5. The fourth-order valence-corrected chi connectivity index (χ4v) is 2.30. The van der Waals surface area contributed by atoms with Crippen LogP contribution in [0.15, 0.2) is 42.7 Å². The predicted octanol–water partition coefficient (Wildman–Crippen LogP) is 4.62. The molecule has 0 saturated carbocycles. The zero-order valence-corrected chi connectivity index (χ0v) is 11.2. The van der Waals surface area contributed by atoms with Gasteiger partial charge in [-0.3, -0.25) is 0 Å². The number of aryl methyl sites for hydroxylation is 1. The van der Waals surface area contributed by atoms with Crippen LogP contribution in [0.25, 0.3) is 16.9 Å². The third-order valence-electron chi connectivity index (χ3n) is 2.89. The number of imidazole rings is 1. The van der Waals surface area contributed by atoms with Crippen LogP contribution >= 0.6 is 23.2 Å². The second kappa shape index (κ2) is 4.30. The highest BCUT2D eigenvalue weighted by Gasteiger charge is 2.07. The Morgan fingerprint density at radius 1 is 1.00 bits per heavy atom. The van der Waals surface area contributed by atoms with E-state index >= 15 is 0 Å². The standard InChI is InChI=1S/C14H10Cl2N2/c1-9-2-3-10(15)6-12(9)13-8-18-7-11(16)4-5-14(18)17-13/h2-8H,1H3. The first-order valence-corrected chi connectivity index (χ1v) is 6.30. The molecule has 4 heteroatoms. The van der Waals surface area contributed by atoms with E-state index in [1.165, 1.54) is 0 Å². The maximum Gasteiger partial charge on any atom is 0.137 e. The minimum absolute atomic E-state index is 0.689. The summed E-state index contributed by atoms with van der Waals surface area (Å²) in [6.45, 7) is 2.04. The van der Waals surface area contributed by atoms with Gasteiger partial charge in [-0.2, -0.15) is 0 Å². The molecule has 90 valence electrons. The maximum atomic E-state index is 6.03. The summed E-state index contributed by atoms with van der Waals surface area (Å²) in [6.07, 6.45) is 3.80. The van der Waals surface area contributed by atoms with Gasteiger partial charge in [-0.1, -0.05) is 29.3 Å². The SMILES string of the molecule is Cc1ccc(Cl)cc1-c1cn2cc(Cl)ccc2n1. The zero-order chi connectivity index (χ0) is 12.7. The number of nitrogens with zero attached hydrogens (tertiary/aromatic N) is 2. The van der Waals surface area contributed by atoms with Crippen molar-refractivity contribution in [3.63, 3.8) is 0 Å². The molecule has 0 spiro atoms. The summed E-state index contributed by atoms with van der Waals surface area (Å²) in [7, 11) is 0. The lowest BCUT2D eigenvalue weighted by atomic mass is 10.1. The summed E-state index contributed by atoms with van der Waals surface area (Å²) in [5.74, 6) is 0. The van der Waals surface area contributed by atoms with Crippen molar-refractivity contribution < 1.29 is 0 Å². The lowest BCUT2D eigenvalue weighted by Crippen LogP contribution is -1.82. The van der Waals surface area contributed by atoms with Crippen LogP contribution in [0.4, 0.5) is 0 Å². The fraction of sp³-hybridized carbons (Fsp3) is 0.0714. The fourth-order valence-electron chi connectivity index (χ4n) is 1.96. The summed E-state index contributed by atoms with van der Waals surface area (Å²) in [6, 6.07) is 9.53. The second-order valence-electron chi connectivity index (χ2n) is 4.20. The average Bonchev–Trinajstić information content (AvgIpc) is 2.74. The minimum atomic E-state index is 0.689. The molecule has 0 unspecified atom stereocenters. The third kappa shape index (κ3) is 1.98. The van der Waals surface area contributed by atoms with E-state index in [2.05, 4.69) is 4.98 Å². The quantitative estimate of drug-likeness (QED) is 0.634. The van der Waals surface area contributed by atoms with Gasteiger partial charge in [0, 0.05) is 23.0 Å². The molecule has 0 aliphatic heterocycles. The Labute approximate surface area is 115 Å². The Kier molecular flexibility index (Phi) is 2.77. The summed E-state index contributed by atoms with van der Waals surface area (Å²) in [5.41, 5.74) is 3.96. The first-order chi connectivity index (χ1) is 8.63. The van der Waals surface area contributed by atoms with Gasteiger partial charge >= 0.3 is 0 Å². The Hall–Kier alpha value is -1.51. The number of rotatable bonds is 1. The molecule has 0 fully saturated rings. The molecule has 0 bridgehead atoms. The van der Waals surface area contributed by atoms with Crippen LogP contribution in [-0.4, -0.2) is 9.38 Å². The van der Waals surface area contributed by atoms with Crippen molar-refractivity contribution in [3.8, 4) is 11.3 Å². The van der Waals surface area contributed by atoms with Crippen LogP contribution in [0.3, 0.4) is 0 Å². The van der Waals surface area contributed by atoms with Crippen LogP contribution in [0.5, 0.6) is 0 Å². The third-order valence-corrected chi connectivity index (χ3v) is 3.35. The van der Waals surface area contributed by atoms with E-state index in [0.29, 0.717) is 10.0 Å². The lowest BCUT2D eigenvalue weighted by molar-refractivity contribution is 1.19. The Balaban J connectivity index is 2.22. The van der Waals surface area contributed by atoms with Gasteiger partial charge in [0.05, 0.1) is 10.7 Å². The highest BCUT2D eigenvalue weighted by molar-refractivity contribution is 6.31. The molecule has 0 atom stereocenters. The van der Waals surface area contributed by atoms with Crippen LogP contribution in [0.2, 0.25) is 10.0 Å². The number of benzene rings is 1. The van der Waals surface area contributed by atoms with E-state index in [1.54, 1.807) is 0 Å². The largest absolute Gasteiger partial charge is 0.305 e. The van der Waals surface area contributed by atoms with Crippen LogP contribution < -0.4 is 0 Å². The molecule has 2 heterocycles. The monoisotopic (exact) mass is 276 g/mol. The average molecular weight is 277 g/mol. The van der Waals surface area contributed by atoms with E-state index in [4.69, 9.17) is 23.2 Å². The molecule has 2 aromatic heterocycles.